The van der Waals surface area contributed by atoms with Gasteiger partial charge in [-0.15, -0.1) is 11.3 Å². The normalized spacial score (nSPS) is 14.5. The quantitative estimate of drug-likeness (QED) is 0.785. The highest BCUT2D eigenvalue weighted by atomic mass is 32.1. The second-order valence-corrected chi connectivity index (χ2v) is 6.77. The van der Waals surface area contributed by atoms with Gasteiger partial charge >= 0.3 is 5.97 Å². The molecule has 2 heterocycles. The number of benzene rings is 1. The fraction of sp³-hybridized carbons (Fsp3) is 0.333. The van der Waals surface area contributed by atoms with E-state index in [1.807, 2.05) is 18.4 Å². The first-order chi connectivity index (χ1) is 12.0. The molecule has 1 saturated heterocycles. The maximum Gasteiger partial charge on any atom is 0.349 e. The number of anilines is 1. The van der Waals surface area contributed by atoms with Crippen molar-refractivity contribution in [1.29, 1.82) is 0 Å². The number of halogens is 1. The lowest BCUT2D eigenvalue weighted by Gasteiger charge is -2.36. The van der Waals surface area contributed by atoms with E-state index in [2.05, 4.69) is 4.90 Å². The van der Waals surface area contributed by atoms with Crippen molar-refractivity contribution in [3.05, 3.63) is 52.0 Å². The first-order valence-electron chi connectivity index (χ1n) is 8.04. The first kappa shape index (κ1) is 17.4. The van der Waals surface area contributed by atoms with Crippen LogP contribution in [0.25, 0.3) is 0 Å². The second kappa shape index (κ2) is 7.65. The Morgan fingerprint density at radius 2 is 1.80 bits per heavy atom. The van der Waals surface area contributed by atoms with Crippen LogP contribution in [0.5, 0.6) is 0 Å². The molecule has 7 heteroatoms. The Morgan fingerprint density at radius 1 is 1.12 bits per heavy atom. The molecule has 5 nitrogen and oxygen atoms in total. The summed E-state index contributed by atoms with van der Waals surface area (Å²) in [6, 6.07) is 8.17. The first-order valence-corrected chi connectivity index (χ1v) is 8.92. The van der Waals surface area contributed by atoms with Crippen molar-refractivity contribution in [2.75, 3.05) is 37.7 Å². The fourth-order valence-electron chi connectivity index (χ4n) is 2.73. The molecule has 3 rings (SSSR count). The molecular formula is C18H19FN2O3S. The minimum absolute atomic E-state index is 0.193. The number of aryl methyl sites for hydroxylation is 1. The molecule has 1 fully saturated rings. The molecule has 0 bridgehead atoms. The minimum atomic E-state index is -0.453. The Kier molecular flexibility index (Phi) is 5.33. The molecule has 0 aliphatic carbocycles. The highest BCUT2D eigenvalue weighted by Gasteiger charge is 2.23. The number of ether oxygens (including phenoxy) is 1. The predicted molar refractivity (Wildman–Crippen MR) is 94.5 cm³/mol. The average molecular weight is 362 g/mol. The van der Waals surface area contributed by atoms with Gasteiger partial charge in [-0.25, -0.2) is 9.18 Å². The van der Waals surface area contributed by atoms with Crippen molar-refractivity contribution in [1.82, 2.24) is 4.90 Å². The Bertz CT molecular complexity index is 752. The number of carbonyl (C=O) groups excluding carboxylic acids is 2. The van der Waals surface area contributed by atoms with Crippen LogP contribution >= 0.6 is 11.3 Å². The van der Waals surface area contributed by atoms with Gasteiger partial charge in [0.05, 0.1) is 0 Å². The van der Waals surface area contributed by atoms with Crippen LogP contribution in [-0.2, 0) is 9.53 Å². The van der Waals surface area contributed by atoms with Gasteiger partial charge in [-0.2, -0.15) is 0 Å². The molecule has 0 atom stereocenters. The summed E-state index contributed by atoms with van der Waals surface area (Å²) in [5.74, 6) is -0.910. The SMILES string of the molecule is Cc1ccsc1C(=O)OCC(=O)N1CCN(c2ccc(F)cc2)CC1. The molecule has 1 aromatic carbocycles. The van der Waals surface area contributed by atoms with E-state index < -0.39 is 5.97 Å². The average Bonchev–Trinajstić information content (AvgIpc) is 3.06. The van der Waals surface area contributed by atoms with Gasteiger partial charge in [-0.1, -0.05) is 0 Å². The summed E-state index contributed by atoms with van der Waals surface area (Å²) >= 11 is 1.31. The molecule has 0 unspecified atom stereocenters. The van der Waals surface area contributed by atoms with E-state index in [0.717, 1.165) is 11.3 Å². The third kappa shape index (κ3) is 4.17. The number of amides is 1. The van der Waals surface area contributed by atoms with Crippen LogP contribution in [0.2, 0.25) is 0 Å². The number of rotatable bonds is 4. The van der Waals surface area contributed by atoms with Gasteiger partial charge < -0.3 is 14.5 Å². The Morgan fingerprint density at radius 3 is 2.40 bits per heavy atom. The van der Waals surface area contributed by atoms with Crippen LogP contribution in [-0.4, -0.2) is 49.6 Å². The molecule has 0 radical (unpaired) electrons. The molecule has 1 aliphatic rings. The van der Waals surface area contributed by atoms with Crippen LogP contribution in [0.4, 0.5) is 10.1 Å². The highest BCUT2D eigenvalue weighted by Crippen LogP contribution is 2.18. The Balaban J connectivity index is 1.47. The molecule has 1 aliphatic heterocycles. The van der Waals surface area contributed by atoms with Gasteiger partial charge in [0.25, 0.3) is 5.91 Å². The van der Waals surface area contributed by atoms with Crippen molar-refractivity contribution < 1.29 is 18.7 Å². The van der Waals surface area contributed by atoms with Crippen LogP contribution in [0.3, 0.4) is 0 Å². The molecule has 25 heavy (non-hydrogen) atoms. The lowest BCUT2D eigenvalue weighted by atomic mass is 10.2. The lowest BCUT2D eigenvalue weighted by molar-refractivity contribution is -0.134. The summed E-state index contributed by atoms with van der Waals surface area (Å²) < 4.78 is 18.1. The molecule has 0 saturated carbocycles. The summed E-state index contributed by atoms with van der Waals surface area (Å²) in [6.07, 6.45) is 0. The van der Waals surface area contributed by atoms with E-state index in [9.17, 15) is 14.0 Å². The van der Waals surface area contributed by atoms with Gasteiger partial charge in [0.15, 0.2) is 6.61 Å². The molecule has 2 aromatic rings. The molecular weight excluding hydrogens is 343 g/mol. The maximum absolute atomic E-state index is 13.0. The number of carbonyl (C=O) groups is 2. The number of piperazine rings is 1. The molecule has 1 amide bonds. The van der Waals surface area contributed by atoms with Gasteiger partial charge in [0.1, 0.15) is 10.7 Å². The summed E-state index contributed by atoms with van der Waals surface area (Å²) in [4.78, 5) is 28.5. The topological polar surface area (TPSA) is 49.9 Å². The van der Waals surface area contributed by atoms with Crippen LogP contribution < -0.4 is 4.90 Å². The summed E-state index contributed by atoms with van der Waals surface area (Å²) in [5, 5.41) is 1.82. The molecule has 0 spiro atoms. The Labute approximate surface area is 149 Å². The van der Waals surface area contributed by atoms with Crippen molar-refractivity contribution in [2.45, 2.75) is 6.92 Å². The number of hydrogen-bond acceptors (Lipinski definition) is 5. The zero-order valence-electron chi connectivity index (χ0n) is 13.9. The summed E-state index contributed by atoms with van der Waals surface area (Å²) in [5.41, 5.74) is 1.79. The zero-order valence-corrected chi connectivity index (χ0v) is 14.7. The Hall–Kier alpha value is -2.41. The highest BCUT2D eigenvalue weighted by molar-refractivity contribution is 7.12. The van der Waals surface area contributed by atoms with E-state index in [1.54, 1.807) is 17.0 Å². The van der Waals surface area contributed by atoms with Gasteiger partial charge in [-0.3, -0.25) is 4.79 Å². The van der Waals surface area contributed by atoms with E-state index in [0.29, 0.717) is 31.1 Å². The van der Waals surface area contributed by atoms with E-state index in [4.69, 9.17) is 4.74 Å². The molecule has 132 valence electrons. The smallest absolute Gasteiger partial charge is 0.349 e. The van der Waals surface area contributed by atoms with Gasteiger partial charge in [0, 0.05) is 31.9 Å². The largest absolute Gasteiger partial charge is 0.451 e. The number of nitrogens with zero attached hydrogens (tertiary/aromatic N) is 2. The van der Waals surface area contributed by atoms with Gasteiger partial charge in [0.2, 0.25) is 0 Å². The third-order valence-corrected chi connectivity index (χ3v) is 5.19. The number of hydrogen-bond donors (Lipinski definition) is 0. The minimum Gasteiger partial charge on any atom is -0.451 e. The predicted octanol–water partition coefficient (Wildman–Crippen LogP) is 2.70. The van der Waals surface area contributed by atoms with Crippen molar-refractivity contribution in [3.8, 4) is 0 Å². The fourth-order valence-corrected chi connectivity index (χ4v) is 3.55. The standard InChI is InChI=1S/C18H19FN2O3S/c1-13-6-11-25-17(13)18(23)24-12-16(22)21-9-7-20(8-10-21)15-4-2-14(19)3-5-15/h2-6,11H,7-10,12H2,1H3. The lowest BCUT2D eigenvalue weighted by Crippen LogP contribution is -2.49. The molecule has 0 N–H and O–H groups in total. The monoisotopic (exact) mass is 362 g/mol. The van der Waals surface area contributed by atoms with Crippen molar-refractivity contribution >= 4 is 28.9 Å². The molecule has 1 aromatic heterocycles. The number of thiophene rings is 1. The summed E-state index contributed by atoms with van der Waals surface area (Å²) in [7, 11) is 0. The van der Waals surface area contributed by atoms with Crippen LogP contribution in [0, 0.1) is 12.7 Å². The van der Waals surface area contributed by atoms with E-state index >= 15 is 0 Å². The van der Waals surface area contributed by atoms with E-state index in [1.165, 1.54) is 23.5 Å². The van der Waals surface area contributed by atoms with Crippen molar-refractivity contribution in [3.63, 3.8) is 0 Å². The van der Waals surface area contributed by atoms with E-state index in [-0.39, 0.29) is 18.3 Å². The zero-order chi connectivity index (χ0) is 17.8. The maximum atomic E-state index is 13.0. The number of esters is 1. The van der Waals surface area contributed by atoms with Crippen LogP contribution in [0.1, 0.15) is 15.2 Å². The third-order valence-electron chi connectivity index (χ3n) is 4.20. The van der Waals surface area contributed by atoms with Crippen molar-refractivity contribution in [2.24, 2.45) is 0 Å². The van der Waals surface area contributed by atoms with Crippen LogP contribution in [0.15, 0.2) is 35.7 Å². The summed E-state index contributed by atoms with van der Waals surface area (Å²) in [6.45, 7) is 4.01. The second-order valence-electron chi connectivity index (χ2n) is 5.85. The van der Waals surface area contributed by atoms with Gasteiger partial charge in [-0.05, 0) is 48.2 Å².